The van der Waals surface area contributed by atoms with Gasteiger partial charge in [0.1, 0.15) is 0 Å². The van der Waals surface area contributed by atoms with E-state index in [0.29, 0.717) is 0 Å². The van der Waals surface area contributed by atoms with E-state index in [2.05, 4.69) is 14.2 Å². The Morgan fingerprint density at radius 1 is 0.724 bits per heavy atom. The maximum atomic E-state index is 12.2. The van der Waals surface area contributed by atoms with Gasteiger partial charge in [-0.25, -0.2) is 9.59 Å². The monoisotopic (exact) mass is 422 g/mol. The van der Waals surface area contributed by atoms with Crippen LogP contribution < -0.4 is 0 Å². The summed E-state index contributed by atoms with van der Waals surface area (Å²) in [6, 6.07) is 0. The van der Waals surface area contributed by atoms with Gasteiger partial charge in [-0.3, -0.25) is 19.2 Å². The summed E-state index contributed by atoms with van der Waals surface area (Å²) >= 11 is 0. The van der Waals surface area contributed by atoms with E-state index in [-0.39, 0.29) is 13.2 Å². The first kappa shape index (κ1) is 25.8. The fourth-order valence-corrected chi connectivity index (χ4v) is 2.23. The van der Waals surface area contributed by atoms with Crippen molar-refractivity contribution < 1.29 is 63.4 Å². The van der Waals surface area contributed by atoms with Crippen molar-refractivity contribution in [3.05, 3.63) is 0 Å². The largest absolute Gasteiger partial charge is 0.481 e. The molecule has 164 valence electrons. The van der Waals surface area contributed by atoms with Crippen molar-refractivity contribution in [3.8, 4) is 0 Å². The highest BCUT2D eigenvalue weighted by atomic mass is 16.6. The van der Waals surface area contributed by atoms with Crippen LogP contribution in [0.25, 0.3) is 0 Å². The number of ether oxygens (including phenoxy) is 3. The summed E-state index contributed by atoms with van der Waals surface area (Å²) in [6.07, 6.45) is -5.18. The first-order valence-corrected chi connectivity index (χ1v) is 8.26. The lowest BCUT2D eigenvalue weighted by Gasteiger charge is -2.29. The second-order valence-corrected chi connectivity index (χ2v) is 5.83. The summed E-state index contributed by atoms with van der Waals surface area (Å²) in [5.41, 5.74) is -5.82. The third kappa shape index (κ3) is 8.13. The maximum Gasteiger partial charge on any atom is 0.349 e. The van der Waals surface area contributed by atoms with E-state index in [4.69, 9.17) is 10.2 Å². The van der Waals surface area contributed by atoms with Crippen molar-refractivity contribution in [2.24, 2.45) is 0 Å². The summed E-state index contributed by atoms with van der Waals surface area (Å²) in [4.78, 5) is 69.2. The van der Waals surface area contributed by atoms with Gasteiger partial charge in [0, 0.05) is 0 Å². The minimum atomic E-state index is -3.01. The third-order valence-corrected chi connectivity index (χ3v) is 3.41. The Morgan fingerprint density at radius 3 is 1.55 bits per heavy atom. The van der Waals surface area contributed by atoms with Gasteiger partial charge in [0.05, 0.1) is 38.9 Å². The number of carbonyl (C=O) groups excluding carboxylic acids is 3. The average molecular weight is 422 g/mol. The number of hydrogen-bond acceptors (Lipinski definition) is 10. The molecule has 0 heterocycles. The molecular weight excluding hydrogens is 400 g/mol. The predicted molar refractivity (Wildman–Crippen MR) is 88.4 cm³/mol. The molecule has 0 saturated carbocycles. The third-order valence-electron chi connectivity index (χ3n) is 3.41. The van der Waals surface area contributed by atoms with Crippen molar-refractivity contribution in [1.29, 1.82) is 0 Å². The molecule has 0 fully saturated rings. The van der Waals surface area contributed by atoms with Crippen molar-refractivity contribution in [1.82, 2.24) is 0 Å². The van der Waals surface area contributed by atoms with Gasteiger partial charge in [0.15, 0.2) is 5.60 Å². The molecule has 13 nitrogen and oxygen atoms in total. The van der Waals surface area contributed by atoms with Crippen LogP contribution in [-0.4, -0.2) is 80.7 Å². The van der Waals surface area contributed by atoms with Gasteiger partial charge >= 0.3 is 35.8 Å². The standard InChI is InChI=1S/C16H22O13/c1-3-27-11(21)7-15(26,14(25)28-4-2)8-12(22)29-16(13(23)24,5-9(17)18)6-10(19)20/h26H,3-8H2,1-2H3,(H,17,18)(H,19,20)(H,23,24). The highest BCUT2D eigenvalue weighted by Crippen LogP contribution is 2.26. The van der Waals surface area contributed by atoms with Gasteiger partial charge in [-0.1, -0.05) is 0 Å². The zero-order chi connectivity index (χ0) is 22.8. The van der Waals surface area contributed by atoms with Crippen molar-refractivity contribution in [3.63, 3.8) is 0 Å². The van der Waals surface area contributed by atoms with Crippen LogP contribution >= 0.6 is 0 Å². The first-order valence-electron chi connectivity index (χ1n) is 8.26. The van der Waals surface area contributed by atoms with Gasteiger partial charge in [-0.15, -0.1) is 0 Å². The Morgan fingerprint density at radius 2 is 1.17 bits per heavy atom. The lowest BCUT2D eigenvalue weighted by Crippen LogP contribution is -2.50. The molecular formula is C16H22O13. The number of rotatable bonds is 13. The minimum Gasteiger partial charge on any atom is -0.481 e. The molecule has 0 aliphatic rings. The average Bonchev–Trinajstić information content (AvgIpc) is 2.53. The Bertz CT molecular complexity index is 652. The number of aliphatic carboxylic acids is 3. The summed E-state index contributed by atoms with van der Waals surface area (Å²) < 4.78 is 13.7. The molecule has 0 amide bonds. The lowest BCUT2D eigenvalue weighted by atomic mass is 9.93. The van der Waals surface area contributed by atoms with Crippen LogP contribution in [0.5, 0.6) is 0 Å². The van der Waals surface area contributed by atoms with Crippen LogP contribution in [-0.2, 0) is 43.0 Å². The zero-order valence-corrected chi connectivity index (χ0v) is 15.7. The van der Waals surface area contributed by atoms with E-state index in [1.165, 1.54) is 13.8 Å². The van der Waals surface area contributed by atoms with E-state index in [9.17, 15) is 39.0 Å². The topological polar surface area (TPSA) is 211 Å². The second kappa shape index (κ2) is 10.9. The van der Waals surface area contributed by atoms with Crippen LogP contribution in [0.2, 0.25) is 0 Å². The van der Waals surface area contributed by atoms with E-state index in [1.807, 2.05) is 0 Å². The van der Waals surface area contributed by atoms with Crippen LogP contribution in [0.1, 0.15) is 39.5 Å². The summed E-state index contributed by atoms with van der Waals surface area (Å²) in [5.74, 6) is -9.78. The molecule has 0 aliphatic heterocycles. The molecule has 1 unspecified atom stereocenters. The number of hydrogen-bond donors (Lipinski definition) is 4. The Balaban J connectivity index is 5.76. The molecule has 0 aromatic rings. The van der Waals surface area contributed by atoms with Crippen LogP contribution in [0.3, 0.4) is 0 Å². The van der Waals surface area contributed by atoms with Gasteiger partial charge < -0.3 is 34.6 Å². The molecule has 0 aliphatic carbocycles. The van der Waals surface area contributed by atoms with Gasteiger partial charge in [0.2, 0.25) is 5.60 Å². The van der Waals surface area contributed by atoms with Crippen LogP contribution in [0.4, 0.5) is 0 Å². The highest BCUT2D eigenvalue weighted by molar-refractivity contribution is 5.93. The number of carboxylic acids is 3. The van der Waals surface area contributed by atoms with Crippen molar-refractivity contribution in [2.75, 3.05) is 13.2 Å². The molecule has 0 aromatic heterocycles. The fourth-order valence-electron chi connectivity index (χ4n) is 2.23. The van der Waals surface area contributed by atoms with Crippen molar-refractivity contribution >= 4 is 35.8 Å². The Kier molecular flexibility index (Phi) is 9.73. The summed E-state index contributed by atoms with van der Waals surface area (Å²) in [6.45, 7) is 2.46. The molecule has 0 bridgehead atoms. The van der Waals surface area contributed by atoms with E-state index < -0.39 is 72.7 Å². The number of carboxylic acid groups (broad SMARTS) is 3. The van der Waals surface area contributed by atoms with Gasteiger partial charge in [0.25, 0.3) is 0 Å². The van der Waals surface area contributed by atoms with E-state index in [0.717, 1.165) is 0 Å². The zero-order valence-electron chi connectivity index (χ0n) is 15.7. The molecule has 0 rings (SSSR count). The highest BCUT2D eigenvalue weighted by Gasteiger charge is 2.50. The Labute approximate surface area is 164 Å². The molecule has 0 saturated heterocycles. The summed E-state index contributed by atoms with van der Waals surface area (Å²) in [5, 5.41) is 37.4. The first-order chi connectivity index (χ1) is 13.3. The number of carbonyl (C=O) groups is 6. The number of aliphatic hydroxyl groups is 1. The van der Waals surface area contributed by atoms with E-state index in [1.54, 1.807) is 0 Å². The molecule has 0 radical (unpaired) electrons. The van der Waals surface area contributed by atoms with E-state index >= 15 is 0 Å². The van der Waals surface area contributed by atoms with Crippen molar-refractivity contribution in [2.45, 2.75) is 50.7 Å². The van der Waals surface area contributed by atoms with Gasteiger partial charge in [-0.05, 0) is 13.8 Å². The molecule has 0 aromatic carbocycles. The quantitative estimate of drug-likeness (QED) is 0.206. The summed E-state index contributed by atoms with van der Waals surface area (Å²) in [7, 11) is 0. The minimum absolute atomic E-state index is 0.110. The molecule has 4 N–H and O–H groups in total. The number of esters is 3. The Hall–Kier alpha value is -3.22. The van der Waals surface area contributed by atoms with Gasteiger partial charge in [-0.2, -0.15) is 0 Å². The molecule has 29 heavy (non-hydrogen) atoms. The lowest BCUT2D eigenvalue weighted by molar-refractivity contribution is -0.192. The second-order valence-electron chi connectivity index (χ2n) is 5.83. The molecule has 0 spiro atoms. The molecule has 1 atom stereocenters. The normalized spacial score (nSPS) is 12.9. The smallest absolute Gasteiger partial charge is 0.349 e. The van der Waals surface area contributed by atoms with Crippen LogP contribution in [0, 0.1) is 0 Å². The molecule has 13 heteroatoms. The SMILES string of the molecule is CCOC(=O)CC(O)(CC(=O)OC(CC(=O)O)(CC(=O)O)C(=O)O)C(=O)OCC. The maximum absolute atomic E-state index is 12.2. The fraction of sp³-hybridized carbons (Fsp3) is 0.625. The van der Waals surface area contributed by atoms with Crippen LogP contribution in [0.15, 0.2) is 0 Å². The predicted octanol–water partition coefficient (Wildman–Crippen LogP) is -1.06.